The molecular weight excluding hydrogens is 412 g/mol. The smallest absolute Gasteiger partial charge is 0.223 e. The summed E-state index contributed by atoms with van der Waals surface area (Å²) >= 11 is 7.57. The zero-order valence-corrected chi connectivity index (χ0v) is 17.8. The van der Waals surface area contributed by atoms with Crippen molar-refractivity contribution in [2.75, 3.05) is 25.2 Å². The molecule has 0 bridgehead atoms. The van der Waals surface area contributed by atoms with Crippen LogP contribution in [0.15, 0.2) is 42.7 Å². The van der Waals surface area contributed by atoms with Crippen molar-refractivity contribution in [3.05, 3.63) is 59.1 Å². The zero-order valence-electron chi connectivity index (χ0n) is 16.2. The molecule has 0 atom stereocenters. The topological polar surface area (TPSA) is 92.4 Å². The Hall–Kier alpha value is -1.68. The van der Waals surface area contributed by atoms with E-state index < -0.39 is 5.54 Å². The highest BCUT2D eigenvalue weighted by molar-refractivity contribution is 7.98. The molecule has 0 saturated carbocycles. The van der Waals surface area contributed by atoms with Crippen LogP contribution in [0, 0.1) is 0 Å². The summed E-state index contributed by atoms with van der Waals surface area (Å²) < 4.78 is 7.78. The number of hydrogen-bond donors (Lipinski definition) is 3. The first kappa shape index (κ1) is 22.0. The SMILES string of the molecule is CSCC(CO)(CO)NCc1cn(COCc2ccccc2)c2cnc(Cl)nc12. The van der Waals surface area contributed by atoms with E-state index in [-0.39, 0.29) is 18.5 Å². The van der Waals surface area contributed by atoms with Crippen LogP contribution in [0.3, 0.4) is 0 Å². The van der Waals surface area contributed by atoms with Crippen LogP contribution >= 0.6 is 23.4 Å². The molecule has 3 aromatic rings. The van der Waals surface area contributed by atoms with Crippen LogP contribution in [0.4, 0.5) is 0 Å². The van der Waals surface area contributed by atoms with Gasteiger partial charge >= 0.3 is 0 Å². The Labute approximate surface area is 179 Å². The van der Waals surface area contributed by atoms with Gasteiger partial charge in [0.2, 0.25) is 5.28 Å². The molecule has 0 spiro atoms. The second-order valence-electron chi connectivity index (χ2n) is 6.84. The number of nitrogens with one attached hydrogen (secondary N) is 1. The molecule has 0 aliphatic carbocycles. The fourth-order valence-corrected chi connectivity index (χ4v) is 4.03. The molecule has 9 heteroatoms. The van der Waals surface area contributed by atoms with Crippen LogP contribution in [-0.2, 0) is 24.6 Å². The summed E-state index contributed by atoms with van der Waals surface area (Å²) in [6.07, 6.45) is 5.55. The maximum atomic E-state index is 9.76. The van der Waals surface area contributed by atoms with E-state index in [1.807, 2.05) is 47.4 Å². The molecule has 29 heavy (non-hydrogen) atoms. The van der Waals surface area contributed by atoms with Crippen LogP contribution in [0.1, 0.15) is 11.1 Å². The molecule has 0 saturated heterocycles. The average molecular weight is 437 g/mol. The van der Waals surface area contributed by atoms with E-state index in [4.69, 9.17) is 16.3 Å². The van der Waals surface area contributed by atoms with E-state index in [0.29, 0.717) is 25.6 Å². The van der Waals surface area contributed by atoms with Gasteiger partial charge in [-0.25, -0.2) is 9.97 Å². The molecule has 7 nitrogen and oxygen atoms in total. The molecule has 0 amide bonds. The Morgan fingerprint density at radius 1 is 1.24 bits per heavy atom. The molecule has 1 aromatic carbocycles. The molecule has 0 aliphatic rings. The number of rotatable bonds is 11. The molecule has 0 radical (unpaired) electrons. The number of benzene rings is 1. The standard InChI is InChI=1S/C20H25ClN4O3S/c1-29-13-20(11-26,12-27)23-7-16-9-25(17-8-22-19(21)24-18(16)17)14-28-10-15-5-3-2-4-6-15/h2-6,8-9,23,26-27H,7,10-14H2,1H3. The first-order chi connectivity index (χ1) is 14.1. The Kier molecular flexibility index (Phi) is 7.88. The third-order valence-corrected chi connectivity index (χ3v) is 5.71. The lowest BCUT2D eigenvalue weighted by atomic mass is 10.0. The zero-order chi connectivity index (χ0) is 20.7. The van der Waals surface area contributed by atoms with Gasteiger partial charge in [-0.2, -0.15) is 11.8 Å². The predicted molar refractivity (Wildman–Crippen MR) is 116 cm³/mol. The summed E-state index contributed by atoms with van der Waals surface area (Å²) in [6.45, 7) is 0.912. The number of fused-ring (bicyclic) bond motifs is 1. The van der Waals surface area contributed by atoms with Gasteiger partial charge in [0.05, 0.1) is 42.6 Å². The highest BCUT2D eigenvalue weighted by Gasteiger charge is 2.28. The van der Waals surface area contributed by atoms with Crippen molar-refractivity contribution in [3.63, 3.8) is 0 Å². The van der Waals surface area contributed by atoms with Gasteiger partial charge in [0, 0.05) is 24.1 Å². The van der Waals surface area contributed by atoms with Crippen LogP contribution < -0.4 is 5.32 Å². The van der Waals surface area contributed by atoms with Crippen molar-refractivity contribution in [1.82, 2.24) is 19.9 Å². The van der Waals surface area contributed by atoms with E-state index in [0.717, 1.165) is 22.2 Å². The maximum Gasteiger partial charge on any atom is 0.223 e. The quantitative estimate of drug-likeness (QED) is 0.397. The number of aliphatic hydroxyl groups excluding tert-OH is 2. The molecule has 0 fully saturated rings. The van der Waals surface area contributed by atoms with Crippen molar-refractivity contribution < 1.29 is 14.9 Å². The predicted octanol–water partition coefficient (Wildman–Crippen LogP) is 2.43. The van der Waals surface area contributed by atoms with Crippen LogP contribution in [-0.4, -0.2) is 55.5 Å². The van der Waals surface area contributed by atoms with Gasteiger partial charge in [0.25, 0.3) is 0 Å². The van der Waals surface area contributed by atoms with Gasteiger partial charge in [-0.05, 0) is 23.4 Å². The summed E-state index contributed by atoms with van der Waals surface area (Å²) in [5, 5.41) is 23.0. The average Bonchev–Trinajstić information content (AvgIpc) is 3.09. The van der Waals surface area contributed by atoms with Crippen molar-refractivity contribution in [1.29, 1.82) is 0 Å². The molecule has 2 aromatic heterocycles. The Bertz CT molecular complexity index is 919. The molecule has 156 valence electrons. The number of ether oxygens (including phenoxy) is 1. The fraction of sp³-hybridized carbons (Fsp3) is 0.400. The minimum absolute atomic E-state index is 0.168. The minimum atomic E-state index is -0.769. The minimum Gasteiger partial charge on any atom is -0.394 e. The van der Waals surface area contributed by atoms with Crippen molar-refractivity contribution in [3.8, 4) is 0 Å². The van der Waals surface area contributed by atoms with E-state index in [2.05, 4.69) is 15.3 Å². The lowest BCUT2D eigenvalue weighted by Gasteiger charge is -2.30. The summed E-state index contributed by atoms with van der Waals surface area (Å²) in [7, 11) is 0. The molecule has 0 aliphatic heterocycles. The normalized spacial score (nSPS) is 12.0. The van der Waals surface area contributed by atoms with E-state index in [9.17, 15) is 10.2 Å². The number of aromatic nitrogens is 3. The lowest BCUT2D eigenvalue weighted by Crippen LogP contribution is -2.53. The lowest BCUT2D eigenvalue weighted by molar-refractivity contribution is 0.0666. The first-order valence-corrected chi connectivity index (χ1v) is 11.0. The molecule has 0 unspecified atom stereocenters. The summed E-state index contributed by atoms with van der Waals surface area (Å²) in [4.78, 5) is 8.46. The number of halogens is 1. The molecule has 2 heterocycles. The monoisotopic (exact) mass is 436 g/mol. The van der Waals surface area contributed by atoms with Gasteiger partial charge in [-0.3, -0.25) is 0 Å². The number of aliphatic hydroxyl groups is 2. The highest BCUT2D eigenvalue weighted by Crippen LogP contribution is 2.22. The van der Waals surface area contributed by atoms with E-state index in [1.165, 1.54) is 0 Å². The number of hydrogen-bond acceptors (Lipinski definition) is 7. The summed E-state index contributed by atoms with van der Waals surface area (Å²) in [5.74, 6) is 0.578. The molecular formula is C20H25ClN4O3S. The van der Waals surface area contributed by atoms with Gasteiger partial charge in [-0.1, -0.05) is 30.3 Å². The Morgan fingerprint density at radius 2 is 2.00 bits per heavy atom. The number of nitrogens with zero attached hydrogens (tertiary/aromatic N) is 3. The summed E-state index contributed by atoms with van der Waals surface area (Å²) in [6, 6.07) is 9.96. The number of thioether (sulfide) groups is 1. The second kappa shape index (κ2) is 10.4. The molecule has 3 N–H and O–H groups in total. The summed E-state index contributed by atoms with van der Waals surface area (Å²) in [5.41, 5.74) is 2.74. The molecule has 3 rings (SSSR count). The third-order valence-electron chi connectivity index (χ3n) is 4.69. The third kappa shape index (κ3) is 5.48. The van der Waals surface area contributed by atoms with Crippen molar-refractivity contribution in [2.24, 2.45) is 0 Å². The van der Waals surface area contributed by atoms with Crippen LogP contribution in [0.5, 0.6) is 0 Å². The fourth-order valence-electron chi connectivity index (χ4n) is 3.05. The van der Waals surface area contributed by atoms with Gasteiger partial charge in [0.1, 0.15) is 6.73 Å². The van der Waals surface area contributed by atoms with E-state index >= 15 is 0 Å². The second-order valence-corrected chi connectivity index (χ2v) is 8.05. The van der Waals surface area contributed by atoms with Gasteiger partial charge in [0.15, 0.2) is 0 Å². The highest BCUT2D eigenvalue weighted by atomic mass is 35.5. The van der Waals surface area contributed by atoms with Gasteiger partial charge in [-0.15, -0.1) is 0 Å². The maximum absolute atomic E-state index is 9.76. The van der Waals surface area contributed by atoms with E-state index in [1.54, 1.807) is 18.0 Å². The Balaban J connectivity index is 1.77. The van der Waals surface area contributed by atoms with Crippen molar-refractivity contribution in [2.45, 2.75) is 25.4 Å². The van der Waals surface area contributed by atoms with Crippen LogP contribution in [0.2, 0.25) is 5.28 Å². The first-order valence-electron chi connectivity index (χ1n) is 9.18. The van der Waals surface area contributed by atoms with Crippen LogP contribution in [0.25, 0.3) is 11.0 Å². The van der Waals surface area contributed by atoms with Gasteiger partial charge < -0.3 is 24.8 Å². The van der Waals surface area contributed by atoms with Crippen molar-refractivity contribution >= 4 is 34.4 Å². The largest absolute Gasteiger partial charge is 0.394 e. The Morgan fingerprint density at radius 3 is 2.69 bits per heavy atom.